The third kappa shape index (κ3) is 4.89. The molecule has 3 rings (SSSR count). The molecule has 1 aromatic heterocycles. The van der Waals surface area contributed by atoms with Crippen molar-refractivity contribution in [2.75, 3.05) is 38.0 Å². The molecule has 2 aliphatic heterocycles. The predicted octanol–water partition coefficient (Wildman–Crippen LogP) is 3.89. The van der Waals surface area contributed by atoms with E-state index < -0.39 is 0 Å². The van der Waals surface area contributed by atoms with E-state index in [9.17, 15) is 4.79 Å². The molecule has 5 nitrogen and oxygen atoms in total. The van der Waals surface area contributed by atoms with E-state index in [1.54, 1.807) is 12.3 Å². The zero-order chi connectivity index (χ0) is 18.5. The smallest absolute Gasteiger partial charge is 0.255 e. The van der Waals surface area contributed by atoms with Crippen molar-refractivity contribution in [2.45, 2.75) is 52.0 Å². The van der Waals surface area contributed by atoms with Gasteiger partial charge in [0.15, 0.2) is 0 Å². The Hall–Kier alpha value is -1.33. The van der Waals surface area contributed by atoms with E-state index in [-0.39, 0.29) is 5.91 Å². The van der Waals surface area contributed by atoms with Gasteiger partial charge >= 0.3 is 0 Å². The second-order valence-corrected chi connectivity index (χ2v) is 8.29. The SMILES string of the molecule is CC1CCCN(C(C)CNc2ncc(C(=O)N3CCCCC3)cc2Cl)C1. The number of pyridine rings is 1. The van der Waals surface area contributed by atoms with Gasteiger partial charge in [-0.05, 0) is 57.6 Å². The molecule has 1 aromatic rings. The Morgan fingerprint density at radius 2 is 2.08 bits per heavy atom. The number of aromatic nitrogens is 1. The average molecular weight is 379 g/mol. The third-order valence-electron chi connectivity index (χ3n) is 5.61. The molecule has 0 bridgehead atoms. The summed E-state index contributed by atoms with van der Waals surface area (Å²) >= 11 is 6.40. The summed E-state index contributed by atoms with van der Waals surface area (Å²) in [5.41, 5.74) is 0.584. The lowest BCUT2D eigenvalue weighted by Gasteiger charge is -2.35. The first-order valence-corrected chi connectivity index (χ1v) is 10.3. The highest BCUT2D eigenvalue weighted by molar-refractivity contribution is 6.33. The molecule has 2 fully saturated rings. The fraction of sp³-hybridized carbons (Fsp3) is 0.700. The van der Waals surface area contributed by atoms with Crippen molar-refractivity contribution in [2.24, 2.45) is 5.92 Å². The van der Waals surface area contributed by atoms with Crippen molar-refractivity contribution < 1.29 is 4.79 Å². The van der Waals surface area contributed by atoms with Crippen molar-refractivity contribution >= 4 is 23.3 Å². The molecule has 0 saturated carbocycles. The van der Waals surface area contributed by atoms with Gasteiger partial charge in [-0.1, -0.05) is 18.5 Å². The first-order valence-electron chi connectivity index (χ1n) is 9.97. The summed E-state index contributed by atoms with van der Waals surface area (Å²) in [4.78, 5) is 21.4. The number of nitrogens with zero attached hydrogens (tertiary/aromatic N) is 3. The average Bonchev–Trinajstić information content (AvgIpc) is 2.67. The molecule has 2 unspecified atom stereocenters. The summed E-state index contributed by atoms with van der Waals surface area (Å²) in [6, 6.07) is 2.19. The van der Waals surface area contributed by atoms with E-state index in [1.807, 2.05) is 4.90 Å². The minimum Gasteiger partial charge on any atom is -0.367 e. The van der Waals surface area contributed by atoms with Crippen LogP contribution in [0.3, 0.4) is 0 Å². The second-order valence-electron chi connectivity index (χ2n) is 7.88. The van der Waals surface area contributed by atoms with Crippen LogP contribution in [0.15, 0.2) is 12.3 Å². The number of carbonyl (C=O) groups excluding carboxylic acids is 1. The van der Waals surface area contributed by atoms with Gasteiger partial charge in [-0.3, -0.25) is 9.69 Å². The van der Waals surface area contributed by atoms with E-state index >= 15 is 0 Å². The summed E-state index contributed by atoms with van der Waals surface area (Å²) in [5.74, 6) is 1.48. The molecule has 0 aromatic carbocycles. The van der Waals surface area contributed by atoms with Crippen LogP contribution >= 0.6 is 11.6 Å². The zero-order valence-corrected chi connectivity index (χ0v) is 16.8. The number of rotatable bonds is 5. The molecule has 144 valence electrons. The normalized spacial score (nSPS) is 22.9. The van der Waals surface area contributed by atoms with E-state index in [0.29, 0.717) is 22.4 Å². The number of halogens is 1. The monoisotopic (exact) mass is 378 g/mol. The maximum atomic E-state index is 12.6. The van der Waals surface area contributed by atoms with E-state index in [4.69, 9.17) is 11.6 Å². The first kappa shape index (κ1) is 19.4. The summed E-state index contributed by atoms with van der Waals surface area (Å²) in [5, 5.41) is 3.88. The summed E-state index contributed by atoms with van der Waals surface area (Å²) in [6.45, 7) is 9.37. The van der Waals surface area contributed by atoms with Crippen LogP contribution < -0.4 is 5.32 Å². The van der Waals surface area contributed by atoms with Crippen LogP contribution in [-0.2, 0) is 0 Å². The molecular weight excluding hydrogens is 348 g/mol. The molecule has 0 spiro atoms. The summed E-state index contributed by atoms with van der Waals surface area (Å²) in [6.07, 6.45) is 7.63. The fourth-order valence-electron chi connectivity index (χ4n) is 3.96. The topological polar surface area (TPSA) is 48.5 Å². The van der Waals surface area contributed by atoms with Crippen LogP contribution in [0.1, 0.15) is 56.3 Å². The lowest BCUT2D eigenvalue weighted by molar-refractivity contribution is 0.0724. The van der Waals surface area contributed by atoms with Gasteiger partial charge in [0.1, 0.15) is 5.82 Å². The number of likely N-dealkylation sites (tertiary alicyclic amines) is 2. The van der Waals surface area contributed by atoms with Crippen LogP contribution in [0.2, 0.25) is 5.02 Å². The molecule has 1 amide bonds. The van der Waals surface area contributed by atoms with Gasteiger partial charge in [0.05, 0.1) is 10.6 Å². The quantitative estimate of drug-likeness (QED) is 0.844. The Bertz CT molecular complexity index is 618. The maximum absolute atomic E-state index is 12.6. The molecular formula is C20H31ClN4O. The lowest BCUT2D eigenvalue weighted by atomic mass is 9.99. The Labute approximate surface area is 162 Å². The zero-order valence-electron chi connectivity index (χ0n) is 16.0. The van der Waals surface area contributed by atoms with Gasteiger partial charge in [0.25, 0.3) is 5.91 Å². The third-order valence-corrected chi connectivity index (χ3v) is 5.90. The van der Waals surface area contributed by atoms with Crippen LogP contribution in [0.4, 0.5) is 5.82 Å². The number of piperidine rings is 2. The predicted molar refractivity (Wildman–Crippen MR) is 107 cm³/mol. The van der Waals surface area contributed by atoms with Crippen LogP contribution in [0.5, 0.6) is 0 Å². The lowest BCUT2D eigenvalue weighted by Crippen LogP contribution is -2.43. The maximum Gasteiger partial charge on any atom is 0.255 e. The number of anilines is 1. The van der Waals surface area contributed by atoms with Gasteiger partial charge in [0, 0.05) is 38.4 Å². The van der Waals surface area contributed by atoms with Crippen molar-refractivity contribution in [3.8, 4) is 0 Å². The summed E-state index contributed by atoms with van der Waals surface area (Å²) in [7, 11) is 0. The Morgan fingerprint density at radius 1 is 1.31 bits per heavy atom. The van der Waals surface area contributed by atoms with E-state index in [2.05, 4.69) is 29.0 Å². The molecule has 2 saturated heterocycles. The fourth-order valence-corrected chi connectivity index (χ4v) is 4.20. The van der Waals surface area contributed by atoms with Crippen molar-refractivity contribution in [1.29, 1.82) is 0 Å². The minimum absolute atomic E-state index is 0.0429. The van der Waals surface area contributed by atoms with Gasteiger partial charge in [-0.2, -0.15) is 0 Å². The highest BCUT2D eigenvalue weighted by atomic mass is 35.5. The van der Waals surface area contributed by atoms with Crippen molar-refractivity contribution in [3.63, 3.8) is 0 Å². The first-order chi connectivity index (χ1) is 12.5. The number of hydrogen-bond donors (Lipinski definition) is 1. The van der Waals surface area contributed by atoms with Crippen LogP contribution in [0.25, 0.3) is 0 Å². The molecule has 2 aliphatic rings. The van der Waals surface area contributed by atoms with Crippen LogP contribution in [0, 0.1) is 5.92 Å². The molecule has 3 heterocycles. The number of amides is 1. The summed E-state index contributed by atoms with van der Waals surface area (Å²) < 4.78 is 0. The molecule has 6 heteroatoms. The number of carbonyl (C=O) groups is 1. The Balaban J connectivity index is 1.56. The van der Waals surface area contributed by atoms with Crippen molar-refractivity contribution in [1.82, 2.24) is 14.8 Å². The highest BCUT2D eigenvalue weighted by Crippen LogP contribution is 2.23. The number of hydrogen-bond acceptors (Lipinski definition) is 4. The van der Waals surface area contributed by atoms with Crippen LogP contribution in [-0.4, -0.2) is 59.5 Å². The standard InChI is InChI=1S/C20H31ClN4O/c1-15-7-6-10-25(14-15)16(2)12-22-19-18(21)11-17(13-23-19)20(26)24-8-4-3-5-9-24/h11,13,15-16H,3-10,12,14H2,1-2H3,(H,22,23). The van der Waals surface area contributed by atoms with Gasteiger partial charge in [0.2, 0.25) is 0 Å². The molecule has 0 aliphatic carbocycles. The minimum atomic E-state index is 0.0429. The number of nitrogens with one attached hydrogen (secondary N) is 1. The van der Waals surface area contributed by atoms with E-state index in [1.165, 1.54) is 19.3 Å². The molecule has 1 N–H and O–H groups in total. The van der Waals surface area contributed by atoms with Gasteiger partial charge < -0.3 is 10.2 Å². The second kappa shape index (κ2) is 9.05. The Kier molecular flexibility index (Phi) is 6.76. The van der Waals surface area contributed by atoms with Crippen molar-refractivity contribution in [3.05, 3.63) is 22.8 Å². The molecule has 2 atom stereocenters. The molecule has 26 heavy (non-hydrogen) atoms. The van der Waals surface area contributed by atoms with Gasteiger partial charge in [-0.25, -0.2) is 4.98 Å². The molecule has 0 radical (unpaired) electrons. The Morgan fingerprint density at radius 3 is 2.77 bits per heavy atom. The van der Waals surface area contributed by atoms with Gasteiger partial charge in [-0.15, -0.1) is 0 Å². The largest absolute Gasteiger partial charge is 0.367 e. The van der Waals surface area contributed by atoms with E-state index in [0.717, 1.165) is 51.5 Å². The highest BCUT2D eigenvalue weighted by Gasteiger charge is 2.22.